The molecular weight excluding hydrogens is 310 g/mol. The fraction of sp³-hybridized carbons (Fsp3) is 0.278. The molecule has 1 unspecified atom stereocenters. The summed E-state index contributed by atoms with van der Waals surface area (Å²) in [7, 11) is 0. The lowest BCUT2D eigenvalue weighted by Crippen LogP contribution is -2.28. The Balaban J connectivity index is 2.70. The average Bonchev–Trinajstić information content (AvgIpc) is 2.51. The Morgan fingerprint density at radius 2 is 1.83 bits per heavy atom. The molecule has 0 saturated heterocycles. The largest absolute Gasteiger partial charge is 0.356 e. The van der Waals surface area contributed by atoms with Crippen molar-refractivity contribution in [3.05, 3.63) is 53.6 Å². The van der Waals surface area contributed by atoms with Crippen LogP contribution in [0.2, 0.25) is 0 Å². The predicted molar refractivity (Wildman–Crippen MR) is 95.0 cm³/mol. The van der Waals surface area contributed by atoms with Crippen molar-refractivity contribution >= 4 is 35.5 Å². The number of Topliss-reactive ketones (excluding diaryl/α,β-unsaturated/α-hetero) is 1. The summed E-state index contributed by atoms with van der Waals surface area (Å²) in [5.41, 5.74) is 1.50. The third-order valence-electron chi connectivity index (χ3n) is 3.24. The molecule has 0 aliphatic carbocycles. The summed E-state index contributed by atoms with van der Waals surface area (Å²) in [6.45, 7) is 3.32. The van der Waals surface area contributed by atoms with E-state index in [1.165, 1.54) is 6.92 Å². The Morgan fingerprint density at radius 1 is 1.17 bits per heavy atom. The third kappa shape index (κ3) is 7.10. The number of hydrogen-bond donors (Lipinski definition) is 2. The van der Waals surface area contributed by atoms with Gasteiger partial charge in [0.25, 0.3) is 0 Å². The maximum absolute atomic E-state index is 12.3. The van der Waals surface area contributed by atoms with Crippen molar-refractivity contribution in [1.82, 2.24) is 5.32 Å². The molecule has 4 nitrogen and oxygen atoms in total. The van der Waals surface area contributed by atoms with Gasteiger partial charge in [-0.1, -0.05) is 48.6 Å². The molecule has 0 aliphatic heterocycles. The van der Waals surface area contributed by atoms with Crippen LogP contribution in [-0.4, -0.2) is 23.4 Å². The van der Waals surface area contributed by atoms with E-state index in [4.69, 9.17) is 0 Å². The first kappa shape index (κ1) is 18.9. The minimum absolute atomic E-state index is 0.194. The van der Waals surface area contributed by atoms with Gasteiger partial charge in [-0.05, 0) is 24.5 Å². The average molecular weight is 331 g/mol. The summed E-state index contributed by atoms with van der Waals surface area (Å²) >= 11 is 3.78. The summed E-state index contributed by atoms with van der Waals surface area (Å²) < 4.78 is 0. The summed E-state index contributed by atoms with van der Waals surface area (Å²) in [5.74, 6) is -1.31. The number of rotatable bonds is 8. The fourth-order valence-electron chi connectivity index (χ4n) is 1.98. The van der Waals surface area contributed by atoms with E-state index in [1.54, 1.807) is 19.1 Å². The second-order valence-corrected chi connectivity index (χ2v) is 5.59. The lowest BCUT2D eigenvalue weighted by molar-refractivity contribution is -0.127. The van der Waals surface area contributed by atoms with E-state index in [-0.39, 0.29) is 24.7 Å². The van der Waals surface area contributed by atoms with Crippen LogP contribution < -0.4 is 5.32 Å². The number of hydrogen-bond acceptors (Lipinski definition) is 3. The van der Waals surface area contributed by atoms with Gasteiger partial charge in [0.2, 0.25) is 5.91 Å². The molecule has 1 amide bonds. The van der Waals surface area contributed by atoms with Crippen LogP contribution in [0.15, 0.2) is 48.1 Å². The molecule has 1 atom stereocenters. The van der Waals surface area contributed by atoms with Crippen LogP contribution in [0.1, 0.15) is 25.8 Å². The van der Waals surface area contributed by atoms with Crippen molar-refractivity contribution in [3.8, 4) is 0 Å². The summed E-state index contributed by atoms with van der Waals surface area (Å²) in [6, 6.07) is 9.70. The molecule has 0 bridgehead atoms. The minimum atomic E-state index is -0.841. The highest BCUT2D eigenvalue weighted by Gasteiger charge is 2.24. The fourth-order valence-corrected chi connectivity index (χ4v) is 2.23. The van der Waals surface area contributed by atoms with Crippen molar-refractivity contribution in [1.29, 1.82) is 0 Å². The number of ketones is 1. The monoisotopic (exact) mass is 331 g/mol. The Morgan fingerprint density at radius 3 is 2.39 bits per heavy atom. The Labute approximate surface area is 142 Å². The van der Waals surface area contributed by atoms with E-state index in [0.717, 1.165) is 5.56 Å². The van der Waals surface area contributed by atoms with E-state index in [0.29, 0.717) is 5.57 Å². The number of thiol groups is 1. The van der Waals surface area contributed by atoms with E-state index >= 15 is 0 Å². The van der Waals surface area contributed by atoms with E-state index in [2.05, 4.69) is 17.9 Å². The zero-order valence-corrected chi connectivity index (χ0v) is 14.2. The van der Waals surface area contributed by atoms with Crippen LogP contribution in [0, 0.1) is 5.92 Å². The van der Waals surface area contributed by atoms with Crippen LogP contribution in [0.25, 0.3) is 6.08 Å². The topological polar surface area (TPSA) is 63.2 Å². The molecule has 0 saturated carbocycles. The van der Waals surface area contributed by atoms with Gasteiger partial charge in [-0.15, -0.1) is 12.6 Å². The van der Waals surface area contributed by atoms with Crippen molar-refractivity contribution in [2.75, 3.05) is 6.54 Å². The predicted octanol–water partition coefficient (Wildman–Crippen LogP) is 2.81. The zero-order chi connectivity index (χ0) is 17.2. The lowest BCUT2D eigenvalue weighted by Gasteiger charge is -2.12. The molecule has 0 heterocycles. The molecule has 0 spiro atoms. The standard InChI is InChI=1S/C18H21NO3S/c1-13(7-6-10-15-8-4-3-5-9-15)17(21)16(18(22)23)11-12-19-14(2)20/h3-10,16H,11-12H2,1-2H3,(H,19,20)(H,22,23)/b10-6+,13-7+. The molecule has 1 N–H and O–H groups in total. The quantitative estimate of drug-likeness (QED) is 0.333. The van der Waals surface area contributed by atoms with Gasteiger partial charge in [0.1, 0.15) is 0 Å². The lowest BCUT2D eigenvalue weighted by atomic mass is 9.96. The summed E-state index contributed by atoms with van der Waals surface area (Å²) in [4.78, 5) is 34.7. The van der Waals surface area contributed by atoms with Crippen molar-refractivity contribution in [3.63, 3.8) is 0 Å². The number of carbonyl (C=O) groups is 3. The van der Waals surface area contributed by atoms with Gasteiger partial charge in [-0.2, -0.15) is 0 Å². The minimum Gasteiger partial charge on any atom is -0.356 e. The van der Waals surface area contributed by atoms with Gasteiger partial charge in [-0.25, -0.2) is 0 Å². The van der Waals surface area contributed by atoms with Crippen LogP contribution in [0.3, 0.4) is 0 Å². The van der Waals surface area contributed by atoms with Gasteiger partial charge >= 0.3 is 0 Å². The number of benzene rings is 1. The first-order valence-electron chi connectivity index (χ1n) is 7.33. The van der Waals surface area contributed by atoms with Crippen molar-refractivity contribution in [2.24, 2.45) is 5.92 Å². The highest BCUT2D eigenvalue weighted by Crippen LogP contribution is 2.14. The first-order valence-corrected chi connectivity index (χ1v) is 7.78. The van der Waals surface area contributed by atoms with Crippen LogP contribution >= 0.6 is 12.6 Å². The first-order chi connectivity index (χ1) is 10.9. The highest BCUT2D eigenvalue weighted by molar-refractivity contribution is 7.96. The molecule has 0 fully saturated rings. The van der Waals surface area contributed by atoms with Gasteiger partial charge < -0.3 is 5.32 Å². The zero-order valence-electron chi connectivity index (χ0n) is 13.3. The second-order valence-electron chi connectivity index (χ2n) is 5.15. The molecule has 0 radical (unpaired) electrons. The molecule has 1 aromatic rings. The normalized spacial score (nSPS) is 12.9. The molecule has 0 aromatic heterocycles. The van der Waals surface area contributed by atoms with Gasteiger partial charge in [0, 0.05) is 13.5 Å². The maximum Gasteiger partial charge on any atom is 0.216 e. The van der Waals surface area contributed by atoms with Crippen LogP contribution in [0.4, 0.5) is 0 Å². The number of amides is 1. The summed E-state index contributed by atoms with van der Waals surface area (Å²) in [5, 5.41) is 2.09. The smallest absolute Gasteiger partial charge is 0.216 e. The SMILES string of the molecule is CC(=O)NCCC(C(=O)S)C(=O)/C(C)=C/C=C/c1ccccc1. The van der Waals surface area contributed by atoms with E-state index in [9.17, 15) is 14.4 Å². The summed E-state index contributed by atoms with van der Waals surface area (Å²) in [6.07, 6.45) is 5.58. The molecule has 122 valence electrons. The Bertz CT molecular complexity index is 620. The number of nitrogens with one attached hydrogen (secondary N) is 1. The van der Waals surface area contributed by atoms with Gasteiger partial charge in [0.05, 0.1) is 5.92 Å². The number of allylic oxidation sites excluding steroid dienone is 3. The van der Waals surface area contributed by atoms with Crippen LogP contribution in [0.5, 0.6) is 0 Å². The van der Waals surface area contributed by atoms with Crippen molar-refractivity contribution < 1.29 is 14.4 Å². The molecular formula is C18H21NO3S. The van der Waals surface area contributed by atoms with E-state index in [1.807, 2.05) is 36.4 Å². The molecule has 5 heteroatoms. The van der Waals surface area contributed by atoms with Crippen molar-refractivity contribution in [2.45, 2.75) is 20.3 Å². The molecule has 23 heavy (non-hydrogen) atoms. The third-order valence-corrected chi connectivity index (χ3v) is 3.56. The maximum atomic E-state index is 12.3. The Kier molecular flexibility index (Phi) is 8.05. The Hall–Kier alpha value is -2.14. The number of carbonyl (C=O) groups excluding carboxylic acids is 3. The van der Waals surface area contributed by atoms with Gasteiger partial charge in [-0.3, -0.25) is 14.4 Å². The van der Waals surface area contributed by atoms with Crippen LogP contribution in [-0.2, 0) is 14.4 Å². The van der Waals surface area contributed by atoms with Gasteiger partial charge in [0.15, 0.2) is 10.9 Å². The molecule has 1 aromatic carbocycles. The molecule has 0 aliphatic rings. The van der Waals surface area contributed by atoms with E-state index < -0.39 is 11.0 Å². The second kappa shape index (κ2) is 9.79. The highest BCUT2D eigenvalue weighted by atomic mass is 32.1. The molecule has 1 rings (SSSR count).